The minimum absolute atomic E-state index is 0.137. The van der Waals surface area contributed by atoms with Gasteiger partial charge in [0, 0.05) is 11.4 Å². The van der Waals surface area contributed by atoms with Gasteiger partial charge in [-0.25, -0.2) is 0 Å². The summed E-state index contributed by atoms with van der Waals surface area (Å²) in [5.74, 6) is 1.81. The second-order valence-corrected chi connectivity index (χ2v) is 8.46. The van der Waals surface area contributed by atoms with E-state index in [1.54, 1.807) is 11.3 Å². The van der Waals surface area contributed by atoms with E-state index in [2.05, 4.69) is 23.1 Å². The molecule has 136 valence electrons. The summed E-state index contributed by atoms with van der Waals surface area (Å²) in [4.78, 5) is 17.6. The zero-order valence-electron chi connectivity index (χ0n) is 14.8. The Labute approximate surface area is 157 Å². The van der Waals surface area contributed by atoms with Crippen molar-refractivity contribution in [3.63, 3.8) is 0 Å². The molecule has 1 atom stereocenters. The highest BCUT2D eigenvalue weighted by atomic mass is 32.1. The third kappa shape index (κ3) is 2.78. The molecule has 26 heavy (non-hydrogen) atoms. The number of fused-ring (bicyclic) bond motifs is 2. The van der Waals surface area contributed by atoms with Crippen LogP contribution < -0.4 is 9.47 Å². The van der Waals surface area contributed by atoms with Crippen LogP contribution in [0.4, 0.5) is 0 Å². The molecule has 1 saturated heterocycles. The first kappa shape index (κ1) is 16.2. The standard InChI is InChI=1S/C21H23NO3S/c23-21(20-13-15-4-1-2-6-19(15)26-20)22-9-3-5-16(22)14-7-8-17-18(12-14)25-11-10-24-17/h7-8,12-13,16H,1-6,9-11H2/t16-/m0/s1. The number of nitrogens with zero attached hydrogens (tertiary/aromatic N) is 1. The number of likely N-dealkylation sites (tertiary alicyclic amines) is 1. The fourth-order valence-corrected chi connectivity index (χ4v) is 5.57. The summed E-state index contributed by atoms with van der Waals surface area (Å²) >= 11 is 1.71. The maximum atomic E-state index is 13.2. The Morgan fingerprint density at radius 1 is 1.04 bits per heavy atom. The van der Waals surface area contributed by atoms with Gasteiger partial charge in [-0.2, -0.15) is 0 Å². The smallest absolute Gasteiger partial charge is 0.264 e. The number of amides is 1. The van der Waals surface area contributed by atoms with E-state index in [1.807, 2.05) is 6.07 Å². The van der Waals surface area contributed by atoms with Crippen molar-refractivity contribution in [3.05, 3.63) is 45.1 Å². The quantitative estimate of drug-likeness (QED) is 0.789. The molecule has 5 heteroatoms. The van der Waals surface area contributed by atoms with Crippen LogP contribution in [-0.4, -0.2) is 30.6 Å². The third-order valence-electron chi connectivity index (χ3n) is 5.67. The molecule has 3 heterocycles. The van der Waals surface area contributed by atoms with Crippen LogP contribution in [0, 0.1) is 0 Å². The number of hydrogen-bond donors (Lipinski definition) is 0. The van der Waals surface area contributed by atoms with Gasteiger partial charge >= 0.3 is 0 Å². The molecule has 3 aliphatic rings. The minimum atomic E-state index is 0.137. The molecule has 0 N–H and O–H groups in total. The lowest BCUT2D eigenvalue weighted by Crippen LogP contribution is -2.30. The first-order chi connectivity index (χ1) is 12.8. The van der Waals surface area contributed by atoms with Crippen molar-refractivity contribution in [1.29, 1.82) is 0 Å². The highest BCUT2D eigenvalue weighted by molar-refractivity contribution is 7.14. The minimum Gasteiger partial charge on any atom is -0.486 e. The van der Waals surface area contributed by atoms with Gasteiger partial charge in [-0.1, -0.05) is 6.07 Å². The Balaban J connectivity index is 1.41. The van der Waals surface area contributed by atoms with Crippen molar-refractivity contribution < 1.29 is 14.3 Å². The van der Waals surface area contributed by atoms with Gasteiger partial charge < -0.3 is 14.4 Å². The van der Waals surface area contributed by atoms with Crippen molar-refractivity contribution in [2.45, 2.75) is 44.6 Å². The zero-order valence-corrected chi connectivity index (χ0v) is 15.6. The average Bonchev–Trinajstić information content (AvgIpc) is 3.34. The molecule has 1 amide bonds. The summed E-state index contributed by atoms with van der Waals surface area (Å²) in [5.41, 5.74) is 2.56. The van der Waals surface area contributed by atoms with Crippen LogP contribution in [0.3, 0.4) is 0 Å². The topological polar surface area (TPSA) is 38.8 Å². The van der Waals surface area contributed by atoms with Crippen molar-refractivity contribution in [2.75, 3.05) is 19.8 Å². The highest BCUT2D eigenvalue weighted by Crippen LogP contribution is 2.39. The Kier molecular flexibility index (Phi) is 4.12. The van der Waals surface area contributed by atoms with E-state index in [9.17, 15) is 4.79 Å². The Morgan fingerprint density at radius 3 is 2.77 bits per heavy atom. The third-order valence-corrected chi connectivity index (χ3v) is 6.90. The molecule has 0 saturated carbocycles. The number of rotatable bonds is 2. The van der Waals surface area contributed by atoms with Crippen LogP contribution in [0.2, 0.25) is 0 Å². The predicted molar refractivity (Wildman–Crippen MR) is 101 cm³/mol. The second-order valence-electron chi connectivity index (χ2n) is 7.33. The van der Waals surface area contributed by atoms with Gasteiger partial charge in [-0.15, -0.1) is 11.3 Å². The molecule has 0 unspecified atom stereocenters. The Bertz CT molecular complexity index is 820. The maximum absolute atomic E-state index is 13.2. The van der Waals surface area contributed by atoms with Gasteiger partial charge in [0.25, 0.3) is 5.91 Å². The SMILES string of the molecule is O=C(c1cc2c(s1)CCCC2)N1CCC[C@H]1c1ccc2c(c1)OCCO2. The molecule has 0 radical (unpaired) electrons. The molecule has 4 nitrogen and oxygen atoms in total. The first-order valence-electron chi connectivity index (χ1n) is 9.62. The lowest BCUT2D eigenvalue weighted by atomic mass is 9.99. The Morgan fingerprint density at radius 2 is 1.88 bits per heavy atom. The number of hydrogen-bond acceptors (Lipinski definition) is 4. The molecule has 1 aromatic heterocycles. The molecule has 1 aliphatic carbocycles. The predicted octanol–water partition coefficient (Wildman–Crippen LogP) is 4.38. The normalized spacial score (nSPS) is 21.5. The monoisotopic (exact) mass is 369 g/mol. The molecular weight excluding hydrogens is 346 g/mol. The van der Waals surface area contributed by atoms with E-state index in [-0.39, 0.29) is 11.9 Å². The van der Waals surface area contributed by atoms with Crippen LogP contribution in [-0.2, 0) is 12.8 Å². The summed E-state index contributed by atoms with van der Waals surface area (Å²) in [7, 11) is 0. The summed E-state index contributed by atoms with van der Waals surface area (Å²) < 4.78 is 11.4. The van der Waals surface area contributed by atoms with E-state index in [0.717, 1.165) is 54.2 Å². The largest absolute Gasteiger partial charge is 0.486 e. The van der Waals surface area contributed by atoms with Crippen molar-refractivity contribution in [2.24, 2.45) is 0 Å². The van der Waals surface area contributed by atoms with Crippen molar-refractivity contribution in [3.8, 4) is 11.5 Å². The molecule has 1 fully saturated rings. The fraction of sp³-hybridized carbons (Fsp3) is 0.476. The fourth-order valence-electron chi connectivity index (χ4n) is 4.36. The molecule has 2 aliphatic heterocycles. The van der Waals surface area contributed by atoms with Crippen LogP contribution >= 0.6 is 11.3 Å². The molecule has 0 spiro atoms. The van der Waals surface area contributed by atoms with Gasteiger partial charge in [0.15, 0.2) is 11.5 Å². The summed E-state index contributed by atoms with van der Waals surface area (Å²) in [5, 5.41) is 0. The number of aryl methyl sites for hydroxylation is 2. The molecule has 2 aromatic rings. The van der Waals surface area contributed by atoms with Gasteiger partial charge in [0.05, 0.1) is 10.9 Å². The van der Waals surface area contributed by atoms with Crippen LogP contribution in [0.1, 0.15) is 57.4 Å². The van der Waals surface area contributed by atoms with Gasteiger partial charge in [-0.05, 0) is 67.9 Å². The number of benzene rings is 1. The van der Waals surface area contributed by atoms with Gasteiger partial charge in [0.2, 0.25) is 0 Å². The van der Waals surface area contributed by atoms with Crippen LogP contribution in [0.5, 0.6) is 11.5 Å². The number of carbonyl (C=O) groups is 1. The molecule has 1 aromatic carbocycles. The van der Waals surface area contributed by atoms with E-state index in [0.29, 0.717) is 13.2 Å². The van der Waals surface area contributed by atoms with E-state index >= 15 is 0 Å². The molecule has 0 bridgehead atoms. The summed E-state index contributed by atoms with van der Waals surface area (Å²) in [6.07, 6.45) is 6.83. The van der Waals surface area contributed by atoms with Crippen molar-refractivity contribution in [1.82, 2.24) is 4.90 Å². The van der Waals surface area contributed by atoms with E-state index in [4.69, 9.17) is 9.47 Å². The van der Waals surface area contributed by atoms with Gasteiger partial charge in [-0.3, -0.25) is 4.79 Å². The lowest BCUT2D eigenvalue weighted by Gasteiger charge is -2.26. The number of thiophene rings is 1. The van der Waals surface area contributed by atoms with Crippen molar-refractivity contribution >= 4 is 17.2 Å². The maximum Gasteiger partial charge on any atom is 0.264 e. The average molecular weight is 369 g/mol. The second kappa shape index (κ2) is 6.62. The molecular formula is C21H23NO3S. The summed E-state index contributed by atoms with van der Waals surface area (Å²) in [6, 6.07) is 8.42. The van der Waals surface area contributed by atoms with Crippen LogP contribution in [0.25, 0.3) is 0 Å². The number of ether oxygens (including phenoxy) is 2. The van der Waals surface area contributed by atoms with Gasteiger partial charge in [0.1, 0.15) is 13.2 Å². The highest BCUT2D eigenvalue weighted by Gasteiger charge is 2.32. The zero-order chi connectivity index (χ0) is 17.5. The first-order valence-corrected chi connectivity index (χ1v) is 10.4. The van der Waals surface area contributed by atoms with E-state index in [1.165, 1.54) is 23.3 Å². The number of carbonyl (C=O) groups excluding carboxylic acids is 1. The van der Waals surface area contributed by atoms with Crippen LogP contribution in [0.15, 0.2) is 24.3 Å². The Hall–Kier alpha value is -2.01. The van der Waals surface area contributed by atoms with E-state index < -0.39 is 0 Å². The lowest BCUT2D eigenvalue weighted by molar-refractivity contribution is 0.0740. The molecule has 5 rings (SSSR count). The summed E-state index contributed by atoms with van der Waals surface area (Å²) in [6.45, 7) is 2.02.